The van der Waals surface area contributed by atoms with Crippen LogP contribution in [0.1, 0.15) is 38.2 Å². The molecular weight excluding hydrogens is 330 g/mol. The number of hydrogen-bond donors (Lipinski definition) is 0. The molecule has 1 aromatic rings. The number of carbonyl (C=O) groups is 1. The topological polar surface area (TPSA) is 48.0 Å². The predicted molar refractivity (Wildman–Crippen MR) is 100 cm³/mol. The molecule has 0 saturated carbocycles. The van der Waals surface area contributed by atoms with Crippen LogP contribution in [-0.2, 0) is 20.7 Å². The SMILES string of the molecule is CCOC(=O)C1(Cc2cccc(OC)c2)CCCN(C2CCOCC2)C1. The lowest BCUT2D eigenvalue weighted by molar-refractivity contribution is -0.160. The van der Waals surface area contributed by atoms with Gasteiger partial charge in [0, 0.05) is 25.8 Å². The van der Waals surface area contributed by atoms with Crippen LogP contribution in [-0.4, -0.2) is 56.9 Å². The van der Waals surface area contributed by atoms with Crippen LogP contribution in [0.25, 0.3) is 0 Å². The zero-order valence-electron chi connectivity index (χ0n) is 16.0. The molecule has 1 aromatic carbocycles. The molecule has 0 amide bonds. The molecule has 0 spiro atoms. The second-order valence-electron chi connectivity index (χ2n) is 7.45. The molecule has 2 heterocycles. The van der Waals surface area contributed by atoms with Gasteiger partial charge in [0.25, 0.3) is 0 Å². The minimum atomic E-state index is -0.473. The van der Waals surface area contributed by atoms with Gasteiger partial charge in [-0.25, -0.2) is 0 Å². The first kappa shape index (κ1) is 19.2. The Bertz CT molecular complexity index is 599. The Kier molecular flexibility index (Phi) is 6.54. The molecule has 2 fully saturated rings. The third-order valence-electron chi connectivity index (χ3n) is 5.70. The largest absolute Gasteiger partial charge is 0.497 e. The summed E-state index contributed by atoms with van der Waals surface area (Å²) < 4.78 is 16.4. The minimum Gasteiger partial charge on any atom is -0.497 e. The highest BCUT2D eigenvalue weighted by molar-refractivity contribution is 5.78. The van der Waals surface area contributed by atoms with Gasteiger partial charge in [0.15, 0.2) is 0 Å². The van der Waals surface area contributed by atoms with Crippen LogP contribution in [0.2, 0.25) is 0 Å². The van der Waals surface area contributed by atoms with E-state index in [1.165, 1.54) is 0 Å². The average molecular weight is 361 g/mol. The van der Waals surface area contributed by atoms with E-state index in [4.69, 9.17) is 14.2 Å². The Hall–Kier alpha value is -1.59. The highest BCUT2D eigenvalue weighted by Crippen LogP contribution is 2.37. The number of likely N-dealkylation sites (tertiary alicyclic amines) is 1. The summed E-state index contributed by atoms with van der Waals surface area (Å²) in [7, 11) is 1.67. The van der Waals surface area contributed by atoms with Crippen molar-refractivity contribution in [1.29, 1.82) is 0 Å². The molecule has 144 valence electrons. The molecule has 5 heteroatoms. The molecule has 0 N–H and O–H groups in total. The maximum absolute atomic E-state index is 13.0. The molecule has 0 aliphatic carbocycles. The third kappa shape index (κ3) is 4.38. The van der Waals surface area contributed by atoms with Crippen molar-refractivity contribution < 1.29 is 19.0 Å². The maximum Gasteiger partial charge on any atom is 0.313 e. The normalized spacial score (nSPS) is 25.0. The van der Waals surface area contributed by atoms with Crippen LogP contribution in [0.15, 0.2) is 24.3 Å². The molecule has 0 radical (unpaired) electrons. The fourth-order valence-electron chi connectivity index (χ4n) is 4.37. The minimum absolute atomic E-state index is 0.0559. The number of benzene rings is 1. The molecule has 3 rings (SSSR count). The van der Waals surface area contributed by atoms with Crippen molar-refractivity contribution in [1.82, 2.24) is 4.90 Å². The van der Waals surface area contributed by atoms with Crippen molar-refractivity contribution in [3.8, 4) is 5.75 Å². The first-order valence-electron chi connectivity index (χ1n) is 9.79. The lowest BCUT2D eigenvalue weighted by atomic mass is 9.74. The standard InChI is InChI=1S/C21H31NO4/c1-3-26-20(23)21(15-17-6-4-7-19(14-17)24-2)10-5-11-22(16-21)18-8-12-25-13-9-18/h4,6-7,14,18H,3,5,8-13,15-16H2,1-2H3. The van der Waals surface area contributed by atoms with Crippen LogP contribution in [0, 0.1) is 5.41 Å². The third-order valence-corrected chi connectivity index (χ3v) is 5.70. The van der Waals surface area contributed by atoms with E-state index >= 15 is 0 Å². The molecule has 2 aliphatic heterocycles. The quantitative estimate of drug-likeness (QED) is 0.729. The molecule has 2 aliphatic rings. The summed E-state index contributed by atoms with van der Waals surface area (Å²) in [5, 5.41) is 0. The first-order chi connectivity index (χ1) is 12.7. The molecule has 0 aromatic heterocycles. The smallest absolute Gasteiger partial charge is 0.313 e. The van der Waals surface area contributed by atoms with Gasteiger partial charge in [0.05, 0.1) is 19.1 Å². The molecule has 1 unspecified atom stereocenters. The molecule has 5 nitrogen and oxygen atoms in total. The Balaban J connectivity index is 1.81. The van der Waals surface area contributed by atoms with Gasteiger partial charge in [0.1, 0.15) is 5.75 Å². The lowest BCUT2D eigenvalue weighted by Crippen LogP contribution is -2.53. The summed E-state index contributed by atoms with van der Waals surface area (Å²) >= 11 is 0. The van der Waals surface area contributed by atoms with E-state index in [2.05, 4.69) is 11.0 Å². The number of methoxy groups -OCH3 is 1. The van der Waals surface area contributed by atoms with Crippen molar-refractivity contribution in [2.24, 2.45) is 5.41 Å². The van der Waals surface area contributed by atoms with Gasteiger partial charge in [-0.3, -0.25) is 9.69 Å². The van der Waals surface area contributed by atoms with Gasteiger partial charge in [-0.15, -0.1) is 0 Å². The highest BCUT2D eigenvalue weighted by atomic mass is 16.5. The van der Waals surface area contributed by atoms with Gasteiger partial charge >= 0.3 is 5.97 Å². The summed E-state index contributed by atoms with van der Waals surface area (Å²) in [6.07, 6.45) is 4.71. The van der Waals surface area contributed by atoms with Crippen LogP contribution in [0.5, 0.6) is 5.75 Å². The zero-order chi connectivity index (χ0) is 18.4. The van der Waals surface area contributed by atoms with E-state index in [1.54, 1.807) is 7.11 Å². The van der Waals surface area contributed by atoms with Crippen LogP contribution in [0.4, 0.5) is 0 Å². The van der Waals surface area contributed by atoms with Crippen molar-refractivity contribution in [2.45, 2.75) is 45.1 Å². The Morgan fingerprint density at radius 1 is 1.35 bits per heavy atom. The predicted octanol–water partition coefficient (Wildman–Crippen LogP) is 3.06. The number of piperidine rings is 1. The van der Waals surface area contributed by atoms with E-state index in [1.807, 2.05) is 25.1 Å². The van der Waals surface area contributed by atoms with Crippen molar-refractivity contribution >= 4 is 5.97 Å². The van der Waals surface area contributed by atoms with E-state index in [9.17, 15) is 4.79 Å². The summed E-state index contributed by atoms with van der Waals surface area (Å²) in [6.45, 7) is 5.79. The highest BCUT2D eigenvalue weighted by Gasteiger charge is 2.45. The second kappa shape index (κ2) is 8.87. The lowest BCUT2D eigenvalue weighted by Gasteiger charge is -2.45. The number of carbonyl (C=O) groups excluding carboxylic acids is 1. The van der Waals surface area contributed by atoms with Crippen LogP contribution < -0.4 is 4.74 Å². The first-order valence-corrected chi connectivity index (χ1v) is 9.79. The number of hydrogen-bond acceptors (Lipinski definition) is 5. The summed E-state index contributed by atoms with van der Waals surface area (Å²) in [6, 6.07) is 8.57. The molecule has 2 saturated heterocycles. The molecule has 26 heavy (non-hydrogen) atoms. The number of esters is 1. The summed E-state index contributed by atoms with van der Waals surface area (Å²) in [5.41, 5.74) is 0.657. The number of rotatable bonds is 6. The molecule has 1 atom stereocenters. The van der Waals surface area contributed by atoms with E-state index in [-0.39, 0.29) is 5.97 Å². The fourth-order valence-corrected chi connectivity index (χ4v) is 4.37. The second-order valence-corrected chi connectivity index (χ2v) is 7.45. The van der Waals surface area contributed by atoms with Crippen molar-refractivity contribution in [3.63, 3.8) is 0 Å². The average Bonchev–Trinajstić information content (AvgIpc) is 2.69. The van der Waals surface area contributed by atoms with E-state index < -0.39 is 5.41 Å². The van der Waals surface area contributed by atoms with E-state index in [0.717, 1.165) is 63.3 Å². The van der Waals surface area contributed by atoms with Gasteiger partial charge in [0.2, 0.25) is 0 Å². The van der Waals surface area contributed by atoms with E-state index in [0.29, 0.717) is 19.1 Å². The van der Waals surface area contributed by atoms with Gasteiger partial charge in [-0.05, 0) is 63.3 Å². The van der Waals surface area contributed by atoms with Gasteiger partial charge < -0.3 is 14.2 Å². The molecule has 0 bridgehead atoms. The number of nitrogens with zero attached hydrogens (tertiary/aromatic N) is 1. The van der Waals surface area contributed by atoms with Gasteiger partial charge in [-0.1, -0.05) is 12.1 Å². The summed E-state index contributed by atoms with van der Waals surface area (Å²) in [5.74, 6) is 0.776. The Morgan fingerprint density at radius 2 is 2.15 bits per heavy atom. The van der Waals surface area contributed by atoms with Crippen molar-refractivity contribution in [2.75, 3.05) is 40.0 Å². The monoisotopic (exact) mass is 361 g/mol. The van der Waals surface area contributed by atoms with Crippen LogP contribution >= 0.6 is 0 Å². The number of ether oxygens (including phenoxy) is 3. The van der Waals surface area contributed by atoms with Crippen molar-refractivity contribution in [3.05, 3.63) is 29.8 Å². The van der Waals surface area contributed by atoms with Gasteiger partial charge in [-0.2, -0.15) is 0 Å². The summed E-state index contributed by atoms with van der Waals surface area (Å²) in [4.78, 5) is 15.5. The Labute approximate surface area is 156 Å². The Morgan fingerprint density at radius 3 is 2.88 bits per heavy atom. The molecular formula is C21H31NO4. The fraction of sp³-hybridized carbons (Fsp3) is 0.667. The zero-order valence-corrected chi connectivity index (χ0v) is 16.0. The maximum atomic E-state index is 13.0. The van der Waals surface area contributed by atoms with Crippen LogP contribution in [0.3, 0.4) is 0 Å².